The van der Waals surface area contributed by atoms with Crippen molar-refractivity contribution in [2.75, 3.05) is 0 Å². The highest BCUT2D eigenvalue weighted by atomic mass is 14.9. The Bertz CT molecular complexity index is 404. The number of hydrogen-bond acceptors (Lipinski definition) is 0. The summed E-state index contributed by atoms with van der Waals surface area (Å²) in [6.07, 6.45) is 11.6. The zero-order chi connectivity index (χ0) is 15.1. The molecule has 0 saturated heterocycles. The van der Waals surface area contributed by atoms with Crippen LogP contribution >= 0.6 is 0 Å². The summed E-state index contributed by atoms with van der Waals surface area (Å²) in [5.74, 6) is 0. The molecular formula is C17H28BN2+2. The van der Waals surface area contributed by atoms with E-state index in [4.69, 9.17) is 0 Å². The van der Waals surface area contributed by atoms with Gasteiger partial charge in [0.05, 0.1) is 0 Å². The van der Waals surface area contributed by atoms with E-state index in [0.717, 1.165) is 12.8 Å². The van der Waals surface area contributed by atoms with E-state index in [1.807, 2.05) is 60.4 Å². The predicted octanol–water partition coefficient (Wildman–Crippen LogP) is 3.00. The topological polar surface area (TPSA) is 7.76 Å². The van der Waals surface area contributed by atoms with Gasteiger partial charge in [0.2, 0.25) is 7.28 Å². The van der Waals surface area contributed by atoms with Crippen molar-refractivity contribution in [3.05, 3.63) is 61.2 Å². The SMILES string of the molecule is CCC.CC[B]C[n+]1ccccc1.C[n+]1ccccc1. The van der Waals surface area contributed by atoms with Gasteiger partial charge in [0.15, 0.2) is 24.8 Å². The molecule has 0 N–H and O–H groups in total. The first-order chi connectivity index (χ1) is 9.74. The van der Waals surface area contributed by atoms with Gasteiger partial charge in [-0.3, -0.25) is 0 Å². The lowest BCUT2D eigenvalue weighted by atomic mass is 9.75. The van der Waals surface area contributed by atoms with Gasteiger partial charge in [-0.2, -0.15) is 0 Å². The molecule has 107 valence electrons. The Morgan fingerprint density at radius 1 is 0.750 bits per heavy atom. The van der Waals surface area contributed by atoms with Crippen LogP contribution in [0.25, 0.3) is 0 Å². The Morgan fingerprint density at radius 2 is 1.20 bits per heavy atom. The minimum Gasteiger partial charge on any atom is -0.214 e. The van der Waals surface area contributed by atoms with Crippen LogP contribution < -0.4 is 9.13 Å². The molecule has 0 unspecified atom stereocenters. The molecule has 2 aromatic heterocycles. The average molecular weight is 271 g/mol. The molecule has 0 aromatic carbocycles. The second kappa shape index (κ2) is 13.8. The molecule has 3 heteroatoms. The Hall–Kier alpha value is -1.64. The number of hydrogen-bond donors (Lipinski definition) is 0. The van der Waals surface area contributed by atoms with Crippen LogP contribution in [0.3, 0.4) is 0 Å². The Kier molecular flexibility index (Phi) is 12.7. The second-order valence-corrected chi connectivity index (χ2v) is 4.52. The largest absolute Gasteiger partial charge is 0.214 e. The molecule has 0 amide bonds. The molecule has 1 radical (unpaired) electrons. The van der Waals surface area contributed by atoms with Crippen molar-refractivity contribution >= 4 is 7.28 Å². The van der Waals surface area contributed by atoms with E-state index in [2.05, 4.69) is 45.0 Å². The summed E-state index contributed by atoms with van der Waals surface area (Å²) >= 11 is 0. The van der Waals surface area contributed by atoms with Gasteiger partial charge >= 0.3 is 0 Å². The van der Waals surface area contributed by atoms with Crippen molar-refractivity contribution in [3.8, 4) is 0 Å². The minimum absolute atomic E-state index is 1.03. The van der Waals surface area contributed by atoms with Gasteiger partial charge in [-0.05, 0) is 0 Å². The lowest BCUT2D eigenvalue weighted by Crippen LogP contribution is -2.35. The third kappa shape index (κ3) is 11.5. The zero-order valence-corrected chi connectivity index (χ0v) is 13.4. The van der Waals surface area contributed by atoms with Gasteiger partial charge in [0.25, 0.3) is 0 Å². The molecule has 0 aliphatic carbocycles. The molecule has 2 heterocycles. The van der Waals surface area contributed by atoms with Crippen LogP contribution in [0.2, 0.25) is 6.32 Å². The summed E-state index contributed by atoms with van der Waals surface area (Å²) in [5, 5.41) is 0. The Balaban J connectivity index is 0.000000315. The Morgan fingerprint density at radius 3 is 1.55 bits per heavy atom. The van der Waals surface area contributed by atoms with Crippen LogP contribution in [0.15, 0.2) is 61.2 Å². The molecule has 0 aliphatic rings. The summed E-state index contributed by atoms with van der Waals surface area (Å²) in [4.78, 5) is 0. The zero-order valence-electron chi connectivity index (χ0n) is 13.4. The van der Waals surface area contributed by atoms with Crippen molar-refractivity contribution in [2.24, 2.45) is 7.05 Å². The van der Waals surface area contributed by atoms with Gasteiger partial charge in [0, 0.05) is 24.3 Å². The van der Waals surface area contributed by atoms with Crippen LogP contribution in [-0.4, -0.2) is 7.28 Å². The third-order valence-electron chi connectivity index (χ3n) is 2.27. The Labute approximate surface area is 125 Å². The highest BCUT2D eigenvalue weighted by Crippen LogP contribution is 1.78. The minimum atomic E-state index is 1.03. The first-order valence-electron chi connectivity index (χ1n) is 7.40. The van der Waals surface area contributed by atoms with Gasteiger partial charge in [-0.1, -0.05) is 45.6 Å². The summed E-state index contributed by atoms with van der Waals surface area (Å²) in [6, 6.07) is 12.1. The summed E-state index contributed by atoms with van der Waals surface area (Å²) in [7, 11) is 4.25. The van der Waals surface area contributed by atoms with Crippen LogP contribution in [0.1, 0.15) is 27.2 Å². The number of pyridine rings is 2. The van der Waals surface area contributed by atoms with E-state index in [9.17, 15) is 0 Å². The summed E-state index contributed by atoms with van der Waals surface area (Å²) < 4.78 is 4.16. The van der Waals surface area contributed by atoms with Gasteiger partial charge in [-0.15, -0.1) is 0 Å². The molecule has 0 fully saturated rings. The molecule has 0 atom stereocenters. The van der Waals surface area contributed by atoms with E-state index in [0.29, 0.717) is 0 Å². The van der Waals surface area contributed by atoms with Crippen LogP contribution in [0, 0.1) is 0 Å². The highest BCUT2D eigenvalue weighted by molar-refractivity contribution is 6.32. The van der Waals surface area contributed by atoms with Crippen molar-refractivity contribution in [2.45, 2.75) is 40.0 Å². The highest BCUT2D eigenvalue weighted by Gasteiger charge is 1.95. The second-order valence-electron chi connectivity index (χ2n) is 4.52. The molecule has 0 bridgehead atoms. The first kappa shape index (κ1) is 18.4. The smallest absolute Gasteiger partial charge is 0.200 e. The molecule has 0 spiro atoms. The maximum atomic E-state index is 2.25. The maximum absolute atomic E-state index is 2.25. The van der Waals surface area contributed by atoms with Gasteiger partial charge in [-0.25, -0.2) is 9.13 Å². The van der Waals surface area contributed by atoms with Crippen molar-refractivity contribution in [1.82, 2.24) is 0 Å². The van der Waals surface area contributed by atoms with Crippen LogP contribution in [0.4, 0.5) is 0 Å². The molecule has 2 aromatic rings. The van der Waals surface area contributed by atoms with E-state index in [1.165, 1.54) is 6.42 Å². The number of aryl methyl sites for hydroxylation is 1. The first-order valence-corrected chi connectivity index (χ1v) is 7.40. The maximum Gasteiger partial charge on any atom is 0.200 e. The molecule has 0 saturated carbocycles. The van der Waals surface area contributed by atoms with Crippen molar-refractivity contribution in [3.63, 3.8) is 0 Å². The summed E-state index contributed by atoms with van der Waals surface area (Å²) in [6.45, 7) is 6.41. The monoisotopic (exact) mass is 271 g/mol. The van der Waals surface area contributed by atoms with E-state index in [1.54, 1.807) is 0 Å². The van der Waals surface area contributed by atoms with E-state index < -0.39 is 0 Å². The van der Waals surface area contributed by atoms with Crippen molar-refractivity contribution < 1.29 is 9.13 Å². The fourth-order valence-corrected chi connectivity index (χ4v) is 1.32. The molecular weight excluding hydrogens is 243 g/mol. The van der Waals surface area contributed by atoms with Gasteiger partial charge < -0.3 is 0 Å². The normalized spacial score (nSPS) is 8.60. The summed E-state index contributed by atoms with van der Waals surface area (Å²) in [5.41, 5.74) is 0. The molecule has 2 nitrogen and oxygen atoms in total. The average Bonchev–Trinajstić information content (AvgIpc) is 2.48. The molecule has 2 rings (SSSR count). The standard InChI is InChI=1S/C8H12BN.C6H8N.C3H8/c1-2-9-8-10-6-4-3-5-7-10;1-7-5-3-2-4-6-7;1-3-2/h3-7H,2,8H2,1H3;2-6H,1H3;3H2,1-2H3/q2*+1;. The van der Waals surface area contributed by atoms with Crippen molar-refractivity contribution in [1.29, 1.82) is 0 Å². The van der Waals surface area contributed by atoms with Gasteiger partial charge in [0.1, 0.15) is 13.5 Å². The number of aromatic nitrogens is 2. The third-order valence-corrected chi connectivity index (χ3v) is 2.27. The van der Waals surface area contributed by atoms with Crippen LogP contribution in [-0.2, 0) is 13.5 Å². The quantitative estimate of drug-likeness (QED) is 0.599. The lowest BCUT2D eigenvalue weighted by Gasteiger charge is -1.90. The molecule has 0 aliphatic heterocycles. The molecule has 20 heavy (non-hydrogen) atoms. The lowest BCUT2D eigenvalue weighted by molar-refractivity contribution is -0.679. The van der Waals surface area contributed by atoms with Crippen LogP contribution in [0.5, 0.6) is 0 Å². The van der Waals surface area contributed by atoms with E-state index >= 15 is 0 Å². The predicted molar refractivity (Wildman–Crippen MR) is 86.5 cm³/mol. The fraction of sp³-hybridized carbons (Fsp3) is 0.412. The number of rotatable bonds is 3. The fourth-order valence-electron chi connectivity index (χ4n) is 1.32. The number of nitrogens with zero attached hydrogens (tertiary/aromatic N) is 2. The van der Waals surface area contributed by atoms with E-state index in [-0.39, 0.29) is 0 Å².